The van der Waals surface area contributed by atoms with Gasteiger partial charge in [0.25, 0.3) is 5.91 Å². The Morgan fingerprint density at radius 3 is 2.48 bits per heavy atom. The largest absolute Gasteiger partial charge is 0.386 e. The summed E-state index contributed by atoms with van der Waals surface area (Å²) < 4.78 is 5.54. The van der Waals surface area contributed by atoms with Crippen molar-refractivity contribution >= 4 is 5.91 Å². The van der Waals surface area contributed by atoms with Gasteiger partial charge in [0.05, 0.1) is 25.8 Å². The van der Waals surface area contributed by atoms with Gasteiger partial charge in [-0.2, -0.15) is 0 Å². The number of ether oxygens (including phenoxy) is 1. The van der Waals surface area contributed by atoms with E-state index in [1.54, 1.807) is 4.90 Å². The van der Waals surface area contributed by atoms with Gasteiger partial charge in [-0.3, -0.25) is 4.79 Å². The van der Waals surface area contributed by atoms with E-state index in [4.69, 9.17) is 4.74 Å². The van der Waals surface area contributed by atoms with E-state index in [0.717, 1.165) is 18.4 Å². The summed E-state index contributed by atoms with van der Waals surface area (Å²) in [5, 5.41) is 10.3. The van der Waals surface area contributed by atoms with Gasteiger partial charge in [-0.05, 0) is 50.3 Å². The van der Waals surface area contributed by atoms with Gasteiger partial charge in [0.15, 0.2) is 0 Å². The van der Waals surface area contributed by atoms with Crippen LogP contribution in [0.1, 0.15) is 42.6 Å². The van der Waals surface area contributed by atoms with Crippen LogP contribution < -0.4 is 0 Å². The van der Waals surface area contributed by atoms with E-state index in [0.29, 0.717) is 31.2 Å². The summed E-state index contributed by atoms with van der Waals surface area (Å²) in [4.78, 5) is 14.1. The average Bonchev–Trinajstić information content (AvgIpc) is 3.26. The number of benzene rings is 1. The van der Waals surface area contributed by atoms with Gasteiger partial charge in [0.1, 0.15) is 5.60 Å². The average molecular weight is 289 g/mol. The van der Waals surface area contributed by atoms with Crippen LogP contribution >= 0.6 is 0 Å². The van der Waals surface area contributed by atoms with E-state index >= 15 is 0 Å². The maximum absolute atomic E-state index is 12.3. The van der Waals surface area contributed by atoms with Crippen molar-refractivity contribution in [3.05, 3.63) is 35.4 Å². The van der Waals surface area contributed by atoms with Crippen molar-refractivity contribution in [1.82, 2.24) is 4.90 Å². The Morgan fingerprint density at radius 2 is 1.95 bits per heavy atom. The molecule has 21 heavy (non-hydrogen) atoms. The van der Waals surface area contributed by atoms with Gasteiger partial charge in [-0.15, -0.1) is 0 Å². The van der Waals surface area contributed by atoms with E-state index in [1.165, 1.54) is 0 Å². The smallest absolute Gasteiger partial charge is 0.254 e. The number of β-amino-alcohol motifs (C(OH)–C–C–N with tert-alkyl or cyclic N) is 1. The molecule has 1 saturated heterocycles. The van der Waals surface area contributed by atoms with Crippen molar-refractivity contribution in [2.45, 2.75) is 45.0 Å². The number of likely N-dealkylation sites (tertiary alicyclic amines) is 1. The summed E-state index contributed by atoms with van der Waals surface area (Å²) in [6.45, 7) is 5.53. The zero-order valence-electron chi connectivity index (χ0n) is 12.7. The molecule has 2 fully saturated rings. The molecule has 4 heteroatoms. The third-order valence-electron chi connectivity index (χ3n) is 4.34. The Hall–Kier alpha value is -1.39. The molecular formula is C17H23NO3. The lowest BCUT2D eigenvalue weighted by molar-refractivity contribution is -0.0958. The van der Waals surface area contributed by atoms with Gasteiger partial charge < -0.3 is 14.7 Å². The molecule has 1 saturated carbocycles. The van der Waals surface area contributed by atoms with Crippen LogP contribution in [-0.2, 0) is 11.3 Å². The zero-order valence-corrected chi connectivity index (χ0v) is 12.7. The van der Waals surface area contributed by atoms with Gasteiger partial charge in [-0.25, -0.2) is 0 Å². The van der Waals surface area contributed by atoms with Gasteiger partial charge >= 0.3 is 0 Å². The molecule has 3 rings (SSSR count). The van der Waals surface area contributed by atoms with Crippen LogP contribution in [0.5, 0.6) is 0 Å². The van der Waals surface area contributed by atoms with E-state index < -0.39 is 5.60 Å². The first-order chi connectivity index (χ1) is 9.98. The normalized spacial score (nSPS) is 20.5. The van der Waals surface area contributed by atoms with Crippen molar-refractivity contribution in [2.24, 2.45) is 5.92 Å². The Morgan fingerprint density at radius 1 is 1.33 bits per heavy atom. The number of nitrogens with zero attached hydrogens (tertiary/aromatic N) is 1. The maximum Gasteiger partial charge on any atom is 0.254 e. The molecule has 0 unspecified atom stereocenters. The Balaban J connectivity index is 1.56. The predicted octanol–water partition coefficient (Wildman–Crippen LogP) is 2.21. The zero-order chi connectivity index (χ0) is 15.0. The minimum absolute atomic E-state index is 0.0108. The first-order valence-electron chi connectivity index (χ1n) is 7.70. The number of carbonyl (C=O) groups excluding carboxylic acids is 1. The van der Waals surface area contributed by atoms with Crippen molar-refractivity contribution in [3.63, 3.8) is 0 Å². The molecule has 2 aliphatic rings. The molecule has 1 N–H and O–H groups in total. The standard InChI is InChI=1S/C17H23NO3/c1-12(2)21-9-13-3-5-14(6-4-13)16(19)18-10-17(20,11-18)15-7-8-15/h3-6,12,15,20H,7-11H2,1-2H3. The summed E-state index contributed by atoms with van der Waals surface area (Å²) in [7, 11) is 0. The lowest BCUT2D eigenvalue weighted by Gasteiger charge is -2.47. The number of hydrogen-bond donors (Lipinski definition) is 1. The number of aliphatic hydroxyl groups is 1. The van der Waals surface area contributed by atoms with Crippen molar-refractivity contribution < 1.29 is 14.6 Å². The van der Waals surface area contributed by atoms with E-state index in [1.807, 2.05) is 38.1 Å². The molecule has 0 aromatic heterocycles. The van der Waals surface area contributed by atoms with Crippen molar-refractivity contribution in [1.29, 1.82) is 0 Å². The third kappa shape index (κ3) is 3.11. The summed E-state index contributed by atoms with van der Waals surface area (Å²) in [6, 6.07) is 7.55. The fraction of sp³-hybridized carbons (Fsp3) is 0.588. The Bertz CT molecular complexity index is 513. The van der Waals surface area contributed by atoms with Gasteiger partial charge in [-0.1, -0.05) is 12.1 Å². The highest BCUT2D eigenvalue weighted by molar-refractivity contribution is 5.95. The second-order valence-corrected chi connectivity index (χ2v) is 6.60. The van der Waals surface area contributed by atoms with Crippen LogP contribution in [0.15, 0.2) is 24.3 Å². The number of carbonyl (C=O) groups is 1. The molecule has 1 aliphatic carbocycles. The van der Waals surface area contributed by atoms with Crippen LogP contribution in [0.2, 0.25) is 0 Å². The molecule has 0 radical (unpaired) electrons. The first-order valence-corrected chi connectivity index (χ1v) is 7.70. The second kappa shape index (κ2) is 5.43. The monoisotopic (exact) mass is 289 g/mol. The Kier molecular flexibility index (Phi) is 3.76. The summed E-state index contributed by atoms with van der Waals surface area (Å²) in [5.41, 5.74) is 1.14. The second-order valence-electron chi connectivity index (χ2n) is 6.60. The highest BCUT2D eigenvalue weighted by atomic mass is 16.5. The highest BCUT2D eigenvalue weighted by Gasteiger charge is 2.53. The Labute approximate surface area is 125 Å². The predicted molar refractivity (Wildman–Crippen MR) is 79.9 cm³/mol. The molecule has 1 aromatic carbocycles. The van der Waals surface area contributed by atoms with Crippen LogP contribution in [0.3, 0.4) is 0 Å². The topological polar surface area (TPSA) is 49.8 Å². The fourth-order valence-corrected chi connectivity index (χ4v) is 2.83. The number of amides is 1. The number of rotatable bonds is 5. The number of hydrogen-bond acceptors (Lipinski definition) is 3. The van der Waals surface area contributed by atoms with Gasteiger partial charge in [0, 0.05) is 5.56 Å². The molecule has 1 aliphatic heterocycles. The SMILES string of the molecule is CC(C)OCc1ccc(C(=O)N2CC(O)(C3CC3)C2)cc1. The minimum Gasteiger partial charge on any atom is -0.386 e. The molecule has 1 amide bonds. The van der Waals surface area contributed by atoms with E-state index in [-0.39, 0.29) is 12.0 Å². The van der Waals surface area contributed by atoms with Crippen molar-refractivity contribution in [2.75, 3.05) is 13.1 Å². The van der Waals surface area contributed by atoms with Crippen molar-refractivity contribution in [3.8, 4) is 0 Å². The van der Waals surface area contributed by atoms with Crippen LogP contribution in [0.25, 0.3) is 0 Å². The molecule has 0 atom stereocenters. The quantitative estimate of drug-likeness (QED) is 0.904. The van der Waals surface area contributed by atoms with Gasteiger partial charge in [0.2, 0.25) is 0 Å². The highest BCUT2D eigenvalue weighted by Crippen LogP contribution is 2.44. The summed E-state index contributed by atoms with van der Waals surface area (Å²) >= 11 is 0. The molecule has 1 heterocycles. The fourth-order valence-electron chi connectivity index (χ4n) is 2.83. The van der Waals surface area contributed by atoms with E-state index in [9.17, 15) is 9.90 Å². The van der Waals surface area contributed by atoms with Crippen LogP contribution in [-0.4, -0.2) is 40.7 Å². The maximum atomic E-state index is 12.3. The molecule has 114 valence electrons. The molecule has 1 aromatic rings. The molecule has 0 bridgehead atoms. The van der Waals surface area contributed by atoms with Crippen LogP contribution in [0, 0.1) is 5.92 Å². The first kappa shape index (κ1) is 14.5. The molecular weight excluding hydrogens is 266 g/mol. The molecule has 0 spiro atoms. The summed E-state index contributed by atoms with van der Waals surface area (Å²) in [6.07, 6.45) is 2.40. The van der Waals surface area contributed by atoms with Crippen LogP contribution in [0.4, 0.5) is 0 Å². The third-order valence-corrected chi connectivity index (χ3v) is 4.34. The summed E-state index contributed by atoms with van der Waals surface area (Å²) in [5.74, 6) is 0.425. The van der Waals surface area contributed by atoms with E-state index in [2.05, 4.69) is 0 Å². The lowest BCUT2D eigenvalue weighted by atomic mass is 9.88. The lowest BCUT2D eigenvalue weighted by Crippen LogP contribution is -2.64. The molecule has 4 nitrogen and oxygen atoms in total. The minimum atomic E-state index is -0.610.